The maximum atomic E-state index is 12.5. The zero-order chi connectivity index (χ0) is 15.2. The minimum absolute atomic E-state index is 0.379. The van der Waals surface area contributed by atoms with Crippen LogP contribution in [0.25, 0.3) is 0 Å². The Labute approximate surface area is 134 Å². The van der Waals surface area contributed by atoms with E-state index in [4.69, 9.17) is 0 Å². The zero-order valence-corrected chi connectivity index (χ0v) is 13.5. The van der Waals surface area contributed by atoms with Crippen LogP contribution >= 0.6 is 0 Å². The third kappa shape index (κ3) is 4.33. The smallest absolute Gasteiger partial charge is 0.222 e. The molecule has 1 aromatic carbocycles. The van der Waals surface area contributed by atoms with Gasteiger partial charge in [0, 0.05) is 19.5 Å². The third-order valence-corrected chi connectivity index (χ3v) is 5.17. The molecule has 2 aliphatic rings. The summed E-state index contributed by atoms with van der Waals surface area (Å²) in [6, 6.07) is 10.7. The molecule has 2 saturated heterocycles. The standard InChI is InChI=1S/C19H28N2O/c22-19(9-8-17-10-11-20-14-17)21-12-4-7-18(15-21)13-16-5-2-1-3-6-16/h1-3,5-6,17-18,20H,4,7-15H2. The Morgan fingerprint density at radius 2 is 2.05 bits per heavy atom. The van der Waals surface area contributed by atoms with Gasteiger partial charge in [-0.3, -0.25) is 4.79 Å². The lowest BCUT2D eigenvalue weighted by molar-refractivity contribution is -0.133. The van der Waals surface area contributed by atoms with Crippen LogP contribution in [0.1, 0.15) is 37.7 Å². The average Bonchev–Trinajstić information content (AvgIpc) is 3.07. The fourth-order valence-electron chi connectivity index (χ4n) is 3.85. The Balaban J connectivity index is 1.46. The van der Waals surface area contributed by atoms with Crippen molar-refractivity contribution >= 4 is 5.91 Å². The molecule has 1 amide bonds. The summed E-state index contributed by atoms with van der Waals surface area (Å²) in [7, 11) is 0. The van der Waals surface area contributed by atoms with Crippen LogP contribution in [0.3, 0.4) is 0 Å². The maximum absolute atomic E-state index is 12.5. The summed E-state index contributed by atoms with van der Waals surface area (Å²) in [6.45, 7) is 4.15. The molecule has 1 N–H and O–H groups in total. The minimum Gasteiger partial charge on any atom is -0.342 e. The van der Waals surface area contributed by atoms with Crippen molar-refractivity contribution in [2.45, 2.75) is 38.5 Å². The molecule has 0 saturated carbocycles. The highest BCUT2D eigenvalue weighted by atomic mass is 16.2. The van der Waals surface area contributed by atoms with Gasteiger partial charge in [0.1, 0.15) is 0 Å². The second-order valence-corrected chi connectivity index (χ2v) is 6.94. The number of likely N-dealkylation sites (tertiary alicyclic amines) is 1. The number of benzene rings is 1. The number of carbonyl (C=O) groups excluding carboxylic acids is 1. The van der Waals surface area contributed by atoms with E-state index in [1.165, 1.54) is 18.4 Å². The molecule has 2 unspecified atom stereocenters. The molecule has 0 spiro atoms. The zero-order valence-electron chi connectivity index (χ0n) is 13.5. The van der Waals surface area contributed by atoms with Gasteiger partial charge in [0.25, 0.3) is 0 Å². The van der Waals surface area contributed by atoms with Gasteiger partial charge in [-0.05, 0) is 62.6 Å². The van der Waals surface area contributed by atoms with E-state index in [2.05, 4.69) is 40.5 Å². The molecule has 0 aliphatic carbocycles. The van der Waals surface area contributed by atoms with Gasteiger partial charge in [0.05, 0.1) is 0 Å². The topological polar surface area (TPSA) is 32.3 Å². The van der Waals surface area contributed by atoms with Gasteiger partial charge in [0.2, 0.25) is 5.91 Å². The highest BCUT2D eigenvalue weighted by Crippen LogP contribution is 2.22. The first-order chi connectivity index (χ1) is 10.8. The van der Waals surface area contributed by atoms with E-state index in [1.54, 1.807) is 0 Å². The van der Waals surface area contributed by atoms with Gasteiger partial charge in [-0.2, -0.15) is 0 Å². The van der Waals surface area contributed by atoms with Crippen molar-refractivity contribution in [3.63, 3.8) is 0 Å². The Morgan fingerprint density at radius 3 is 2.82 bits per heavy atom. The van der Waals surface area contributed by atoms with E-state index in [0.29, 0.717) is 17.7 Å². The van der Waals surface area contributed by atoms with Gasteiger partial charge >= 0.3 is 0 Å². The van der Waals surface area contributed by atoms with E-state index in [1.807, 2.05) is 0 Å². The van der Waals surface area contributed by atoms with E-state index < -0.39 is 0 Å². The van der Waals surface area contributed by atoms with Crippen molar-refractivity contribution in [1.29, 1.82) is 0 Å². The van der Waals surface area contributed by atoms with Crippen molar-refractivity contribution in [3.05, 3.63) is 35.9 Å². The van der Waals surface area contributed by atoms with E-state index >= 15 is 0 Å². The number of amides is 1. The first-order valence-electron chi connectivity index (χ1n) is 8.83. The van der Waals surface area contributed by atoms with Crippen molar-refractivity contribution in [2.24, 2.45) is 11.8 Å². The lowest BCUT2D eigenvalue weighted by Gasteiger charge is -2.33. The summed E-state index contributed by atoms with van der Waals surface area (Å²) in [4.78, 5) is 14.6. The molecule has 2 atom stereocenters. The quantitative estimate of drug-likeness (QED) is 0.907. The van der Waals surface area contributed by atoms with Crippen LogP contribution in [0.2, 0.25) is 0 Å². The fourth-order valence-corrected chi connectivity index (χ4v) is 3.85. The molecule has 2 fully saturated rings. The largest absolute Gasteiger partial charge is 0.342 e. The Morgan fingerprint density at radius 1 is 1.18 bits per heavy atom. The molecular formula is C19H28N2O. The SMILES string of the molecule is O=C(CCC1CCNC1)N1CCCC(Cc2ccccc2)C1. The van der Waals surface area contributed by atoms with Gasteiger partial charge in [-0.1, -0.05) is 30.3 Å². The Bertz CT molecular complexity index is 468. The molecule has 0 aromatic heterocycles. The predicted octanol–water partition coefficient (Wildman–Crippen LogP) is 2.86. The van der Waals surface area contributed by atoms with Crippen LogP contribution in [0.5, 0.6) is 0 Å². The van der Waals surface area contributed by atoms with Crippen LogP contribution < -0.4 is 5.32 Å². The Hall–Kier alpha value is -1.35. The molecule has 1 aromatic rings. The molecule has 2 heterocycles. The number of piperidine rings is 1. The van der Waals surface area contributed by atoms with Crippen molar-refractivity contribution in [2.75, 3.05) is 26.2 Å². The summed E-state index contributed by atoms with van der Waals surface area (Å²) in [6.07, 6.45) is 6.57. The van der Waals surface area contributed by atoms with Gasteiger partial charge in [-0.15, -0.1) is 0 Å². The average molecular weight is 300 g/mol. The van der Waals surface area contributed by atoms with E-state index in [-0.39, 0.29) is 0 Å². The lowest BCUT2D eigenvalue weighted by atomic mass is 9.91. The molecule has 2 aliphatic heterocycles. The highest BCUT2D eigenvalue weighted by Gasteiger charge is 2.24. The van der Waals surface area contributed by atoms with Crippen LogP contribution in [0.4, 0.5) is 0 Å². The van der Waals surface area contributed by atoms with Crippen LogP contribution in [0.15, 0.2) is 30.3 Å². The van der Waals surface area contributed by atoms with Crippen LogP contribution in [-0.2, 0) is 11.2 Å². The fraction of sp³-hybridized carbons (Fsp3) is 0.632. The Kier molecular flexibility index (Phi) is 5.49. The predicted molar refractivity (Wildman–Crippen MR) is 89.7 cm³/mol. The number of rotatable bonds is 5. The number of nitrogens with one attached hydrogen (secondary N) is 1. The summed E-state index contributed by atoms with van der Waals surface area (Å²) >= 11 is 0. The monoisotopic (exact) mass is 300 g/mol. The first-order valence-corrected chi connectivity index (χ1v) is 8.83. The lowest BCUT2D eigenvalue weighted by Crippen LogP contribution is -2.40. The van der Waals surface area contributed by atoms with Gasteiger partial charge in [0.15, 0.2) is 0 Å². The molecule has 3 nitrogen and oxygen atoms in total. The van der Waals surface area contributed by atoms with E-state index in [0.717, 1.165) is 51.9 Å². The molecule has 3 heteroatoms. The summed E-state index contributed by atoms with van der Waals surface area (Å²) in [5.74, 6) is 1.73. The molecule has 22 heavy (non-hydrogen) atoms. The summed E-state index contributed by atoms with van der Waals surface area (Å²) < 4.78 is 0. The van der Waals surface area contributed by atoms with Crippen molar-refractivity contribution < 1.29 is 4.79 Å². The number of hydrogen-bond donors (Lipinski definition) is 1. The third-order valence-electron chi connectivity index (χ3n) is 5.17. The van der Waals surface area contributed by atoms with Crippen LogP contribution in [-0.4, -0.2) is 37.0 Å². The highest BCUT2D eigenvalue weighted by molar-refractivity contribution is 5.76. The number of hydrogen-bond acceptors (Lipinski definition) is 2. The number of nitrogens with zero attached hydrogens (tertiary/aromatic N) is 1. The van der Waals surface area contributed by atoms with Gasteiger partial charge < -0.3 is 10.2 Å². The maximum Gasteiger partial charge on any atom is 0.222 e. The normalized spacial score (nSPS) is 25.4. The van der Waals surface area contributed by atoms with E-state index in [9.17, 15) is 4.79 Å². The molecule has 0 bridgehead atoms. The van der Waals surface area contributed by atoms with Gasteiger partial charge in [-0.25, -0.2) is 0 Å². The minimum atomic E-state index is 0.379. The second kappa shape index (κ2) is 7.77. The molecule has 0 radical (unpaired) electrons. The summed E-state index contributed by atoms with van der Waals surface area (Å²) in [5.41, 5.74) is 1.40. The second-order valence-electron chi connectivity index (χ2n) is 6.94. The van der Waals surface area contributed by atoms with Crippen molar-refractivity contribution in [3.8, 4) is 0 Å². The van der Waals surface area contributed by atoms with Crippen LogP contribution in [0, 0.1) is 11.8 Å². The molecule has 120 valence electrons. The molecule has 3 rings (SSSR count). The number of carbonyl (C=O) groups is 1. The van der Waals surface area contributed by atoms with Crippen molar-refractivity contribution in [1.82, 2.24) is 10.2 Å². The summed E-state index contributed by atoms with van der Waals surface area (Å²) in [5, 5.41) is 3.39. The molecular weight excluding hydrogens is 272 g/mol. The first kappa shape index (κ1) is 15.5.